The number of likely N-dealkylation sites (N-methyl/N-ethyl adjacent to an activating group) is 1. The highest BCUT2D eigenvalue weighted by molar-refractivity contribution is 7.13. The molecule has 0 aliphatic carbocycles. The zero-order chi connectivity index (χ0) is 23.1. The van der Waals surface area contributed by atoms with Gasteiger partial charge in [-0.3, -0.25) is 9.69 Å². The number of carbonyl (C=O) groups excluding carboxylic acids is 2. The summed E-state index contributed by atoms with van der Waals surface area (Å²) in [7, 11) is 4.86. The molecule has 32 heavy (non-hydrogen) atoms. The first-order valence-corrected chi connectivity index (χ1v) is 11.3. The molecule has 1 aliphatic heterocycles. The maximum atomic E-state index is 12.8. The third-order valence-corrected chi connectivity index (χ3v) is 6.11. The number of nitrogens with zero attached hydrogens (tertiary/aromatic N) is 3. The maximum Gasteiger partial charge on any atom is 0.339 e. The molecular weight excluding hydrogens is 432 g/mol. The summed E-state index contributed by atoms with van der Waals surface area (Å²) < 4.78 is 15.6. The SMILES string of the molecule is COCCN(C)c1nc(C(=O)Nc2ccc(CN3CCO[C@@H](C)C3)cc2C(=O)OC)cs1. The average Bonchev–Trinajstić information content (AvgIpc) is 3.28. The Morgan fingerprint density at radius 3 is 2.91 bits per heavy atom. The highest BCUT2D eigenvalue weighted by atomic mass is 32.1. The van der Waals surface area contributed by atoms with Crippen LogP contribution in [0.15, 0.2) is 23.6 Å². The molecule has 2 aromatic rings. The number of hydrogen-bond acceptors (Lipinski definition) is 9. The van der Waals surface area contributed by atoms with Crippen LogP contribution in [0.25, 0.3) is 0 Å². The van der Waals surface area contributed by atoms with Crippen LogP contribution in [0, 0.1) is 0 Å². The Balaban J connectivity index is 1.73. The molecule has 1 fully saturated rings. The Labute approximate surface area is 192 Å². The molecule has 174 valence electrons. The van der Waals surface area contributed by atoms with Crippen molar-refractivity contribution < 1.29 is 23.8 Å². The lowest BCUT2D eigenvalue weighted by Gasteiger charge is -2.31. The van der Waals surface area contributed by atoms with Gasteiger partial charge < -0.3 is 24.4 Å². The van der Waals surface area contributed by atoms with Crippen molar-refractivity contribution in [1.29, 1.82) is 0 Å². The van der Waals surface area contributed by atoms with Crippen molar-refractivity contribution in [3.63, 3.8) is 0 Å². The molecule has 0 radical (unpaired) electrons. The van der Waals surface area contributed by atoms with Gasteiger partial charge in [0.1, 0.15) is 5.69 Å². The van der Waals surface area contributed by atoms with Crippen molar-refractivity contribution in [1.82, 2.24) is 9.88 Å². The summed E-state index contributed by atoms with van der Waals surface area (Å²) in [5.74, 6) is -0.886. The number of rotatable bonds is 9. The van der Waals surface area contributed by atoms with Gasteiger partial charge in [0.2, 0.25) is 0 Å². The van der Waals surface area contributed by atoms with E-state index in [1.54, 1.807) is 24.6 Å². The molecule has 1 amide bonds. The largest absolute Gasteiger partial charge is 0.465 e. The van der Waals surface area contributed by atoms with Gasteiger partial charge in [-0.2, -0.15) is 0 Å². The van der Waals surface area contributed by atoms with Crippen LogP contribution < -0.4 is 10.2 Å². The van der Waals surface area contributed by atoms with Gasteiger partial charge >= 0.3 is 5.97 Å². The number of anilines is 2. The molecule has 9 nitrogen and oxygen atoms in total. The van der Waals surface area contributed by atoms with Gasteiger partial charge in [0.25, 0.3) is 5.91 Å². The minimum absolute atomic E-state index is 0.180. The number of hydrogen-bond donors (Lipinski definition) is 1. The van der Waals surface area contributed by atoms with Gasteiger partial charge in [-0.25, -0.2) is 9.78 Å². The summed E-state index contributed by atoms with van der Waals surface area (Å²) in [5.41, 5.74) is 1.96. The molecule has 1 saturated heterocycles. The number of ether oxygens (including phenoxy) is 3. The van der Waals surface area contributed by atoms with Crippen molar-refractivity contribution in [3.05, 3.63) is 40.4 Å². The fourth-order valence-corrected chi connectivity index (χ4v) is 4.22. The number of nitrogens with one attached hydrogen (secondary N) is 1. The van der Waals surface area contributed by atoms with Crippen LogP contribution in [0.1, 0.15) is 33.3 Å². The van der Waals surface area contributed by atoms with E-state index < -0.39 is 5.97 Å². The fraction of sp³-hybridized carbons (Fsp3) is 0.500. The maximum absolute atomic E-state index is 12.8. The number of methoxy groups -OCH3 is 2. The van der Waals surface area contributed by atoms with E-state index in [9.17, 15) is 9.59 Å². The van der Waals surface area contributed by atoms with Gasteiger partial charge in [0.05, 0.1) is 37.7 Å². The topological polar surface area (TPSA) is 93.2 Å². The first-order chi connectivity index (χ1) is 15.4. The molecule has 2 heterocycles. The van der Waals surface area contributed by atoms with Crippen molar-refractivity contribution in [2.24, 2.45) is 0 Å². The first kappa shape index (κ1) is 24.1. The lowest BCUT2D eigenvalue weighted by molar-refractivity contribution is -0.0212. The molecule has 0 bridgehead atoms. The smallest absolute Gasteiger partial charge is 0.339 e. The van der Waals surface area contributed by atoms with Crippen molar-refractivity contribution in [3.8, 4) is 0 Å². The molecule has 0 saturated carbocycles. The standard InChI is InChI=1S/C22H30N4O5S/c1-15-12-26(8-10-31-15)13-16-5-6-18(17(11-16)21(28)30-4)23-20(27)19-14-32-22(24-19)25(2)7-9-29-3/h5-6,11,14-15H,7-10,12-13H2,1-4H3,(H,23,27)/t15-/m0/s1. The number of aromatic nitrogens is 1. The summed E-state index contributed by atoms with van der Waals surface area (Å²) in [6.07, 6.45) is 0.180. The first-order valence-electron chi connectivity index (χ1n) is 10.4. The number of esters is 1. The number of benzene rings is 1. The Bertz CT molecular complexity index is 935. The zero-order valence-corrected chi connectivity index (χ0v) is 19.7. The van der Waals surface area contributed by atoms with Crippen LogP contribution >= 0.6 is 11.3 Å². The van der Waals surface area contributed by atoms with Crippen LogP contribution in [-0.4, -0.2) is 82.0 Å². The minimum Gasteiger partial charge on any atom is -0.465 e. The van der Waals surface area contributed by atoms with Crippen LogP contribution in [0.4, 0.5) is 10.8 Å². The quantitative estimate of drug-likeness (QED) is 0.568. The fourth-order valence-electron chi connectivity index (χ4n) is 3.42. The van der Waals surface area contributed by atoms with E-state index in [2.05, 4.69) is 15.2 Å². The number of morpholine rings is 1. The molecule has 0 unspecified atom stereocenters. The van der Waals surface area contributed by atoms with Crippen LogP contribution in [-0.2, 0) is 20.8 Å². The van der Waals surface area contributed by atoms with Gasteiger partial charge in [0.15, 0.2) is 5.13 Å². The van der Waals surface area contributed by atoms with Gasteiger partial charge in [-0.05, 0) is 24.6 Å². The lowest BCUT2D eigenvalue weighted by Crippen LogP contribution is -2.40. The minimum atomic E-state index is -0.504. The Kier molecular flexibility index (Phi) is 8.57. The highest BCUT2D eigenvalue weighted by Gasteiger charge is 2.20. The predicted molar refractivity (Wildman–Crippen MR) is 124 cm³/mol. The van der Waals surface area contributed by atoms with Gasteiger partial charge in [-0.15, -0.1) is 11.3 Å². The van der Waals surface area contributed by atoms with E-state index in [0.717, 1.165) is 23.8 Å². The second kappa shape index (κ2) is 11.4. The number of amides is 1. The van der Waals surface area contributed by atoms with Crippen molar-refractivity contribution >= 4 is 34.0 Å². The van der Waals surface area contributed by atoms with Gasteiger partial charge in [-0.1, -0.05) is 6.07 Å². The summed E-state index contributed by atoms with van der Waals surface area (Å²) >= 11 is 1.38. The molecular formula is C22H30N4O5S. The Morgan fingerprint density at radius 1 is 1.38 bits per heavy atom. The van der Waals surface area contributed by atoms with E-state index in [4.69, 9.17) is 14.2 Å². The van der Waals surface area contributed by atoms with Crippen LogP contribution in [0.5, 0.6) is 0 Å². The molecule has 1 N–H and O–H groups in total. The molecule has 1 atom stereocenters. The van der Waals surface area contributed by atoms with Crippen molar-refractivity contribution in [2.75, 3.05) is 64.3 Å². The summed E-state index contributed by atoms with van der Waals surface area (Å²) in [6, 6.07) is 5.42. The van der Waals surface area contributed by atoms with Crippen LogP contribution in [0.2, 0.25) is 0 Å². The van der Waals surface area contributed by atoms with E-state index in [-0.39, 0.29) is 17.7 Å². The monoisotopic (exact) mass is 462 g/mol. The normalized spacial score (nSPS) is 16.6. The Morgan fingerprint density at radius 2 is 2.19 bits per heavy atom. The predicted octanol–water partition coefficient (Wildman–Crippen LogP) is 2.49. The van der Waals surface area contributed by atoms with Gasteiger partial charge in [0, 0.05) is 45.7 Å². The molecule has 1 aliphatic rings. The van der Waals surface area contributed by atoms with E-state index >= 15 is 0 Å². The highest BCUT2D eigenvalue weighted by Crippen LogP contribution is 2.23. The lowest BCUT2D eigenvalue weighted by atomic mass is 10.1. The number of carbonyl (C=O) groups is 2. The molecule has 0 spiro atoms. The zero-order valence-electron chi connectivity index (χ0n) is 18.9. The summed E-state index contributed by atoms with van der Waals surface area (Å²) in [5, 5.41) is 5.22. The molecule has 3 rings (SSSR count). The second-order valence-corrected chi connectivity index (χ2v) is 8.51. The molecule has 1 aromatic carbocycles. The molecule has 10 heteroatoms. The van der Waals surface area contributed by atoms with Crippen molar-refractivity contribution in [2.45, 2.75) is 19.6 Å². The Hall–Kier alpha value is -2.53. The van der Waals surface area contributed by atoms with E-state index in [1.165, 1.54) is 18.4 Å². The summed E-state index contributed by atoms with van der Waals surface area (Å²) in [4.78, 5) is 33.8. The third-order valence-electron chi connectivity index (χ3n) is 5.15. The average molecular weight is 463 g/mol. The number of thiazole rings is 1. The third kappa shape index (κ3) is 6.26. The second-order valence-electron chi connectivity index (χ2n) is 7.67. The molecule has 1 aromatic heterocycles. The van der Waals surface area contributed by atoms with E-state index in [0.29, 0.717) is 37.6 Å². The summed E-state index contributed by atoms with van der Waals surface area (Å²) in [6.45, 7) is 6.32. The van der Waals surface area contributed by atoms with E-state index in [1.807, 2.05) is 24.9 Å². The van der Waals surface area contributed by atoms with Crippen LogP contribution in [0.3, 0.4) is 0 Å².